The molecule has 0 atom stereocenters. The van der Waals surface area contributed by atoms with Crippen molar-refractivity contribution in [1.82, 2.24) is 9.55 Å². The number of aromatic nitrogens is 3. The summed E-state index contributed by atoms with van der Waals surface area (Å²) in [6, 6.07) is 38.7. The van der Waals surface area contributed by atoms with Crippen molar-refractivity contribution in [2.75, 3.05) is 0 Å². The molecule has 5 heteroatoms. The fourth-order valence-corrected chi connectivity index (χ4v) is 7.57. The standard InChI is InChI=1S/C30H31N2S.C11H8N.Ir/c1-19(2)20-10-12-21(13-11-20)31-18-32-25-16-22-23(30(5,6)15-14-29(22,3)4)17-27(25)33-26-9-7-8-24(31)28(26)32;1-2-6-10(7-3-1)11-8-4-5-9-12-11;/h7-13,17,19H,14-15H2,1-6H3;1-6,8-9H;/q2*-1;+3. The maximum atomic E-state index is 4.22. The molecule has 3 heterocycles. The van der Waals surface area contributed by atoms with Crippen LogP contribution >= 0.6 is 11.8 Å². The molecule has 232 valence electrons. The van der Waals surface area contributed by atoms with E-state index in [4.69, 9.17) is 0 Å². The zero-order chi connectivity index (χ0) is 31.3. The molecule has 1 aliphatic carbocycles. The van der Waals surface area contributed by atoms with Crippen LogP contribution in [0.2, 0.25) is 0 Å². The number of nitrogens with zero attached hydrogens (tertiary/aromatic N) is 3. The minimum Gasteiger partial charge on any atom is -0.313 e. The van der Waals surface area contributed by atoms with E-state index in [2.05, 4.69) is 123 Å². The van der Waals surface area contributed by atoms with Gasteiger partial charge in [-0.15, -0.1) is 41.5 Å². The minimum absolute atomic E-state index is 0. The van der Waals surface area contributed by atoms with E-state index in [0.717, 1.165) is 22.6 Å². The number of imidazole rings is 1. The summed E-state index contributed by atoms with van der Waals surface area (Å²) in [7, 11) is 0. The number of rotatable bonds is 3. The van der Waals surface area contributed by atoms with E-state index in [1.807, 2.05) is 54.2 Å². The number of para-hydroxylation sites is 1. The van der Waals surface area contributed by atoms with Gasteiger partial charge in [0.15, 0.2) is 0 Å². The summed E-state index contributed by atoms with van der Waals surface area (Å²) in [6.45, 7) is 14.0. The van der Waals surface area contributed by atoms with Crippen molar-refractivity contribution in [2.45, 2.75) is 80.9 Å². The zero-order valence-electron chi connectivity index (χ0n) is 27.3. The SMILES string of the molecule is CC(C)c1ccc(-n2[c-][n+]3c4c(cccc42)Sc2cc4c([c-]c2-3)C(C)(C)CCC4(C)C)cc1.[Ir+3].[c-]1ccccc1-c1ccccn1. The smallest absolute Gasteiger partial charge is 0.313 e. The second-order valence-corrected chi connectivity index (χ2v) is 14.9. The third-order valence-electron chi connectivity index (χ3n) is 9.36. The molecule has 0 radical (unpaired) electrons. The Morgan fingerprint density at radius 1 is 0.848 bits per heavy atom. The van der Waals surface area contributed by atoms with Crippen LogP contribution in [-0.4, -0.2) is 9.55 Å². The van der Waals surface area contributed by atoms with Crippen LogP contribution < -0.4 is 4.57 Å². The zero-order valence-corrected chi connectivity index (χ0v) is 30.5. The van der Waals surface area contributed by atoms with Gasteiger partial charge >= 0.3 is 20.1 Å². The van der Waals surface area contributed by atoms with Crippen molar-refractivity contribution in [3.63, 3.8) is 0 Å². The maximum Gasteiger partial charge on any atom is 3.00 e. The fourth-order valence-electron chi connectivity index (χ4n) is 6.48. The van der Waals surface area contributed by atoms with Gasteiger partial charge in [0.2, 0.25) is 0 Å². The van der Waals surface area contributed by atoms with Gasteiger partial charge in [-0.3, -0.25) is 4.57 Å². The van der Waals surface area contributed by atoms with Gasteiger partial charge in [-0.05, 0) is 52.9 Å². The molecule has 6 aromatic rings. The largest absolute Gasteiger partial charge is 3.00 e. The first-order valence-electron chi connectivity index (χ1n) is 15.9. The molecule has 3 nitrogen and oxygen atoms in total. The Labute approximate surface area is 291 Å². The predicted octanol–water partition coefficient (Wildman–Crippen LogP) is 9.99. The molecule has 46 heavy (non-hydrogen) atoms. The van der Waals surface area contributed by atoms with Crippen LogP contribution in [0.1, 0.15) is 77.0 Å². The number of hydrogen-bond acceptors (Lipinski definition) is 2. The summed E-state index contributed by atoms with van der Waals surface area (Å²) >= 11 is 1.88. The molecule has 2 aliphatic rings. The summed E-state index contributed by atoms with van der Waals surface area (Å²) in [5.74, 6) is 0.528. The summed E-state index contributed by atoms with van der Waals surface area (Å²) in [5.41, 5.74) is 11.2. The summed E-state index contributed by atoms with van der Waals surface area (Å²) < 4.78 is 4.46. The number of benzene rings is 4. The van der Waals surface area contributed by atoms with Gasteiger partial charge in [-0.2, -0.15) is 29.5 Å². The first kappa shape index (κ1) is 32.4. The van der Waals surface area contributed by atoms with Gasteiger partial charge in [0, 0.05) is 11.1 Å². The second kappa shape index (κ2) is 12.6. The second-order valence-electron chi connectivity index (χ2n) is 13.8. The van der Waals surface area contributed by atoms with Crippen molar-refractivity contribution in [3.05, 3.63) is 132 Å². The Morgan fingerprint density at radius 2 is 1.61 bits per heavy atom. The summed E-state index contributed by atoms with van der Waals surface area (Å²) in [6.07, 6.45) is 7.89. The van der Waals surface area contributed by atoms with Crippen molar-refractivity contribution >= 4 is 22.8 Å². The molecule has 0 spiro atoms. The molecule has 0 bridgehead atoms. The third kappa shape index (κ3) is 5.90. The predicted molar refractivity (Wildman–Crippen MR) is 184 cm³/mol. The Balaban J connectivity index is 0.000000241. The van der Waals surface area contributed by atoms with E-state index < -0.39 is 0 Å². The summed E-state index contributed by atoms with van der Waals surface area (Å²) in [5, 5.41) is 0. The third-order valence-corrected chi connectivity index (χ3v) is 10.4. The van der Waals surface area contributed by atoms with Gasteiger partial charge in [0.05, 0.1) is 16.7 Å². The minimum atomic E-state index is 0. The van der Waals surface area contributed by atoms with E-state index in [-0.39, 0.29) is 30.9 Å². The van der Waals surface area contributed by atoms with Crippen molar-refractivity contribution in [3.8, 4) is 22.6 Å². The molecule has 0 unspecified atom stereocenters. The van der Waals surface area contributed by atoms with Gasteiger partial charge in [0.1, 0.15) is 0 Å². The molecule has 8 rings (SSSR count). The number of pyridine rings is 1. The van der Waals surface area contributed by atoms with Crippen LogP contribution in [0.25, 0.3) is 33.7 Å². The monoisotopic (exact) mass is 798 g/mol. The summed E-state index contributed by atoms with van der Waals surface area (Å²) in [4.78, 5) is 6.79. The van der Waals surface area contributed by atoms with Crippen LogP contribution in [0.5, 0.6) is 0 Å². The number of fused-ring (bicyclic) bond motifs is 3. The molecule has 1 aliphatic heterocycles. The van der Waals surface area contributed by atoms with Crippen LogP contribution in [0.3, 0.4) is 0 Å². The first-order valence-corrected chi connectivity index (χ1v) is 16.7. The van der Waals surface area contributed by atoms with Crippen molar-refractivity contribution in [2.24, 2.45) is 0 Å². The van der Waals surface area contributed by atoms with Gasteiger partial charge in [-0.1, -0.05) is 101 Å². The van der Waals surface area contributed by atoms with Crippen molar-refractivity contribution < 1.29 is 24.7 Å². The fraction of sp³-hybridized carbons (Fsp3) is 0.268. The van der Waals surface area contributed by atoms with E-state index in [1.54, 1.807) is 6.20 Å². The van der Waals surface area contributed by atoms with Crippen LogP contribution in [0.4, 0.5) is 0 Å². The van der Waals surface area contributed by atoms with E-state index >= 15 is 0 Å². The van der Waals surface area contributed by atoms with Gasteiger partial charge in [-0.25, -0.2) is 0 Å². The molecule has 0 saturated carbocycles. The molecule has 0 saturated heterocycles. The van der Waals surface area contributed by atoms with Crippen molar-refractivity contribution in [1.29, 1.82) is 0 Å². The van der Waals surface area contributed by atoms with Gasteiger partial charge in [0.25, 0.3) is 6.33 Å². The molecular weight excluding hydrogens is 759 g/mol. The Morgan fingerprint density at radius 3 is 2.30 bits per heavy atom. The van der Waals surface area contributed by atoms with E-state index in [0.29, 0.717) is 5.92 Å². The van der Waals surface area contributed by atoms with Crippen LogP contribution in [-0.2, 0) is 30.9 Å². The quantitative estimate of drug-likeness (QED) is 0.131. The molecule has 0 fully saturated rings. The van der Waals surface area contributed by atoms with Gasteiger partial charge < -0.3 is 9.55 Å². The van der Waals surface area contributed by atoms with E-state index in [9.17, 15) is 0 Å². The average molecular weight is 798 g/mol. The Kier molecular flexibility index (Phi) is 8.89. The average Bonchev–Trinajstić information content (AvgIpc) is 3.45. The molecule has 0 amide bonds. The first-order chi connectivity index (χ1) is 21.6. The molecular formula is C41H39IrN3S+. The van der Waals surface area contributed by atoms with Crippen LogP contribution in [0.15, 0.2) is 107 Å². The van der Waals surface area contributed by atoms with Crippen LogP contribution in [0, 0.1) is 18.5 Å². The number of hydrogen-bond donors (Lipinski definition) is 0. The molecule has 4 aromatic carbocycles. The Bertz CT molecular complexity index is 1950. The molecule has 0 N–H and O–H groups in total. The van der Waals surface area contributed by atoms with E-state index in [1.165, 1.54) is 50.4 Å². The molecule has 2 aromatic heterocycles. The maximum absolute atomic E-state index is 4.22. The topological polar surface area (TPSA) is 21.7 Å². The normalized spacial score (nSPS) is 15.3. The Hall–Kier alpha value is -3.50.